The van der Waals surface area contributed by atoms with E-state index in [0.29, 0.717) is 5.92 Å². The highest BCUT2D eigenvalue weighted by Crippen LogP contribution is 2.42. The molecule has 0 fully saturated rings. The lowest BCUT2D eigenvalue weighted by atomic mass is 9.98. The van der Waals surface area contributed by atoms with Crippen LogP contribution in [-0.2, 0) is 25.7 Å². The van der Waals surface area contributed by atoms with Gasteiger partial charge in [-0.2, -0.15) is 0 Å². The van der Waals surface area contributed by atoms with Crippen molar-refractivity contribution in [3.8, 4) is 0 Å². The molecule has 0 unspecified atom stereocenters. The number of rotatable bonds is 4. The van der Waals surface area contributed by atoms with Crippen LogP contribution < -0.4 is 4.72 Å². The van der Waals surface area contributed by atoms with Crippen LogP contribution in [0.4, 0.5) is 10.1 Å². The molecule has 2 aliphatic carbocycles. The number of hydrogen-bond acceptors (Lipinski definition) is 2. The molecule has 0 radical (unpaired) electrons. The van der Waals surface area contributed by atoms with Gasteiger partial charge in [0.1, 0.15) is 5.82 Å². The maximum atomic E-state index is 14.7. The van der Waals surface area contributed by atoms with Crippen molar-refractivity contribution in [2.45, 2.75) is 63.2 Å². The van der Waals surface area contributed by atoms with Crippen molar-refractivity contribution >= 4 is 17.6 Å². The third kappa shape index (κ3) is 2.73. The predicted octanol–water partition coefficient (Wildman–Crippen LogP) is 6.05. The number of halogens is 1. The fourth-order valence-electron chi connectivity index (χ4n) is 4.06. The highest BCUT2D eigenvalue weighted by molar-refractivity contribution is 8.00. The second-order valence-electron chi connectivity index (χ2n) is 7.24. The van der Waals surface area contributed by atoms with Crippen molar-refractivity contribution in [1.82, 2.24) is 0 Å². The van der Waals surface area contributed by atoms with Crippen LogP contribution in [0.5, 0.6) is 0 Å². The molecule has 2 aliphatic rings. The van der Waals surface area contributed by atoms with Gasteiger partial charge in [0.2, 0.25) is 0 Å². The summed E-state index contributed by atoms with van der Waals surface area (Å²) in [7, 11) is 0. The molecule has 0 amide bonds. The van der Waals surface area contributed by atoms with Crippen molar-refractivity contribution < 1.29 is 4.39 Å². The fraction of sp³-hybridized carbons (Fsp3) is 0.429. The van der Waals surface area contributed by atoms with Crippen LogP contribution in [-0.4, -0.2) is 0 Å². The average molecular weight is 341 g/mol. The second kappa shape index (κ2) is 6.44. The minimum absolute atomic E-state index is 0.104. The van der Waals surface area contributed by atoms with Crippen molar-refractivity contribution in [3.63, 3.8) is 0 Å². The Hall–Kier alpha value is -1.48. The average Bonchev–Trinajstić information content (AvgIpc) is 3.24. The Morgan fingerprint density at radius 3 is 2.21 bits per heavy atom. The third-order valence-corrected chi connectivity index (χ3v) is 6.16. The van der Waals surface area contributed by atoms with E-state index in [1.807, 2.05) is 0 Å². The summed E-state index contributed by atoms with van der Waals surface area (Å²) in [5, 5.41) is 0. The SMILES string of the molecule is CC(C)c1cccc(SNc2c3c(c(F)c4c2CCC4)CCC3)c1. The molecule has 1 nitrogen and oxygen atoms in total. The minimum Gasteiger partial charge on any atom is -0.325 e. The number of fused-ring (bicyclic) bond motifs is 2. The smallest absolute Gasteiger partial charge is 0.130 e. The van der Waals surface area contributed by atoms with Crippen molar-refractivity contribution in [1.29, 1.82) is 0 Å². The van der Waals surface area contributed by atoms with Gasteiger partial charge in [0, 0.05) is 4.90 Å². The van der Waals surface area contributed by atoms with Crippen molar-refractivity contribution in [2.75, 3.05) is 4.72 Å². The molecule has 4 rings (SSSR count). The highest BCUT2D eigenvalue weighted by atomic mass is 32.2. The molecule has 1 N–H and O–H groups in total. The van der Waals surface area contributed by atoms with Gasteiger partial charge in [0.25, 0.3) is 0 Å². The molecule has 2 aromatic rings. The van der Waals surface area contributed by atoms with Crippen LogP contribution in [0.25, 0.3) is 0 Å². The normalized spacial score (nSPS) is 15.7. The van der Waals surface area contributed by atoms with Gasteiger partial charge in [-0.1, -0.05) is 26.0 Å². The summed E-state index contributed by atoms with van der Waals surface area (Å²) in [5.41, 5.74) is 7.01. The quantitative estimate of drug-likeness (QED) is 0.680. The van der Waals surface area contributed by atoms with Crippen LogP contribution in [0.15, 0.2) is 29.2 Å². The monoisotopic (exact) mass is 341 g/mol. The van der Waals surface area contributed by atoms with E-state index in [2.05, 4.69) is 42.8 Å². The Morgan fingerprint density at radius 2 is 1.58 bits per heavy atom. The van der Waals surface area contributed by atoms with Crippen LogP contribution in [0, 0.1) is 5.82 Å². The minimum atomic E-state index is 0.104. The van der Waals surface area contributed by atoms with E-state index < -0.39 is 0 Å². The van der Waals surface area contributed by atoms with Crippen LogP contribution in [0.3, 0.4) is 0 Å². The Bertz CT molecular complexity index is 747. The summed E-state index contributed by atoms with van der Waals surface area (Å²) >= 11 is 1.67. The number of benzene rings is 2. The zero-order valence-electron chi connectivity index (χ0n) is 14.4. The lowest BCUT2D eigenvalue weighted by molar-refractivity contribution is 0.598. The molecule has 0 atom stereocenters. The van der Waals surface area contributed by atoms with E-state index in [4.69, 9.17) is 0 Å². The van der Waals surface area contributed by atoms with Gasteiger partial charge in [0.05, 0.1) is 5.69 Å². The third-order valence-electron chi connectivity index (χ3n) is 5.36. The first-order valence-corrected chi connectivity index (χ1v) is 9.84. The van der Waals surface area contributed by atoms with E-state index in [0.717, 1.165) is 49.7 Å². The standard InChI is InChI=1S/C21H24FNS/c1-13(2)14-6-3-7-15(12-14)24-23-21-18-10-4-8-16(18)20(22)17-9-5-11-19(17)21/h3,6-7,12-13,23H,4-5,8-11H2,1-2H3. The molecule has 0 heterocycles. The van der Waals surface area contributed by atoms with E-state index in [1.54, 1.807) is 11.9 Å². The van der Waals surface area contributed by atoms with Crippen LogP contribution >= 0.6 is 11.9 Å². The van der Waals surface area contributed by atoms with Gasteiger partial charge in [-0.15, -0.1) is 0 Å². The molecule has 0 aromatic heterocycles. The molecular formula is C21H24FNS. The van der Waals surface area contributed by atoms with Gasteiger partial charge < -0.3 is 4.72 Å². The zero-order chi connectivity index (χ0) is 16.7. The van der Waals surface area contributed by atoms with Gasteiger partial charge in [-0.3, -0.25) is 0 Å². The molecule has 3 heteroatoms. The van der Waals surface area contributed by atoms with Gasteiger partial charge in [-0.05, 0) is 96.3 Å². The second-order valence-corrected chi connectivity index (χ2v) is 8.12. The van der Waals surface area contributed by atoms with E-state index in [9.17, 15) is 4.39 Å². The Kier molecular flexibility index (Phi) is 4.29. The number of nitrogens with one attached hydrogen (secondary N) is 1. The summed E-state index contributed by atoms with van der Waals surface area (Å²) in [6.45, 7) is 4.44. The predicted molar refractivity (Wildman–Crippen MR) is 100 cm³/mol. The van der Waals surface area contributed by atoms with Crippen molar-refractivity contribution in [2.24, 2.45) is 0 Å². The largest absolute Gasteiger partial charge is 0.325 e. The summed E-state index contributed by atoms with van der Waals surface area (Å²) in [6, 6.07) is 8.71. The molecule has 0 bridgehead atoms. The fourth-order valence-corrected chi connectivity index (χ4v) is 4.87. The highest BCUT2D eigenvalue weighted by Gasteiger charge is 2.28. The number of anilines is 1. The van der Waals surface area contributed by atoms with Gasteiger partial charge in [-0.25, -0.2) is 4.39 Å². The molecule has 24 heavy (non-hydrogen) atoms. The lowest BCUT2D eigenvalue weighted by Gasteiger charge is -2.17. The summed E-state index contributed by atoms with van der Waals surface area (Å²) < 4.78 is 18.3. The van der Waals surface area contributed by atoms with Crippen molar-refractivity contribution in [3.05, 3.63) is 57.9 Å². The van der Waals surface area contributed by atoms with Crippen LogP contribution in [0.2, 0.25) is 0 Å². The first-order chi connectivity index (χ1) is 11.6. The van der Waals surface area contributed by atoms with E-state index in [1.165, 1.54) is 27.3 Å². The lowest BCUT2D eigenvalue weighted by Crippen LogP contribution is -2.04. The summed E-state index contributed by atoms with van der Waals surface area (Å²) in [4.78, 5) is 1.23. The number of hydrogen-bond donors (Lipinski definition) is 1. The summed E-state index contributed by atoms with van der Waals surface area (Å²) in [6.07, 6.45) is 5.98. The first kappa shape index (κ1) is 16.0. The molecule has 0 saturated heterocycles. The summed E-state index contributed by atoms with van der Waals surface area (Å²) in [5.74, 6) is 0.636. The Morgan fingerprint density at radius 1 is 0.958 bits per heavy atom. The maximum Gasteiger partial charge on any atom is 0.130 e. The van der Waals surface area contributed by atoms with Gasteiger partial charge in [0.15, 0.2) is 0 Å². The topological polar surface area (TPSA) is 12.0 Å². The molecule has 0 aliphatic heterocycles. The molecule has 126 valence electrons. The molecular weight excluding hydrogens is 317 g/mol. The van der Waals surface area contributed by atoms with E-state index >= 15 is 0 Å². The zero-order valence-corrected chi connectivity index (χ0v) is 15.2. The maximum absolute atomic E-state index is 14.7. The van der Waals surface area contributed by atoms with Gasteiger partial charge >= 0.3 is 0 Å². The molecule has 2 aromatic carbocycles. The van der Waals surface area contributed by atoms with E-state index in [-0.39, 0.29) is 5.82 Å². The molecule has 0 saturated carbocycles. The Labute approximate surface area is 148 Å². The Balaban J connectivity index is 1.65. The molecule has 0 spiro atoms. The van der Waals surface area contributed by atoms with Crippen LogP contribution in [0.1, 0.15) is 60.4 Å². The first-order valence-electron chi connectivity index (χ1n) is 9.03.